The van der Waals surface area contributed by atoms with Gasteiger partial charge in [0.05, 0.1) is 46.6 Å². The molecule has 0 fully saturated rings. The topological polar surface area (TPSA) is 13.0 Å². The number of hydrogen-bond acceptors (Lipinski definition) is 8. The van der Waals surface area contributed by atoms with E-state index >= 15 is 0 Å². The van der Waals surface area contributed by atoms with E-state index in [0.29, 0.717) is 5.02 Å². The smallest absolute Gasteiger partial charge is 0.264 e. The van der Waals surface area contributed by atoms with Crippen molar-refractivity contribution in [2.75, 3.05) is 19.6 Å². The SMILES string of the molecule is Clc1c(N(c2ccccc2)c2ccccc2)cccc1N(c1ccccc1)c1csc2c1sc1ccccc12.c1ccc(N2c3ccccc3B3c4sc5c(sc6ccccc65)c4N(c4ccccc4)c4cccc2c43)cc1. The molecule has 0 saturated carbocycles. The second-order valence-electron chi connectivity index (χ2n) is 19.3. The van der Waals surface area contributed by atoms with Crippen LogP contribution in [-0.4, -0.2) is 6.71 Å². The van der Waals surface area contributed by atoms with Crippen molar-refractivity contribution in [2.24, 2.45) is 0 Å². The van der Waals surface area contributed by atoms with Gasteiger partial charge in [0, 0.05) is 75.8 Å². The molecular weight excluding hydrogens is 1050 g/mol. The Morgan fingerprint density at radius 2 is 0.821 bits per heavy atom. The van der Waals surface area contributed by atoms with Gasteiger partial charge in [-0.25, -0.2) is 0 Å². The molecule has 10 heteroatoms. The summed E-state index contributed by atoms with van der Waals surface area (Å²) in [5, 5.41) is 5.62. The molecule has 16 rings (SSSR count). The van der Waals surface area contributed by atoms with E-state index in [9.17, 15) is 0 Å². The van der Waals surface area contributed by atoms with E-state index in [2.05, 4.69) is 274 Å². The van der Waals surface area contributed by atoms with Crippen molar-refractivity contribution in [1.82, 2.24) is 0 Å². The Hall–Kier alpha value is -8.41. The third-order valence-electron chi connectivity index (χ3n) is 14.8. The first-order valence-corrected chi connectivity index (χ1v) is 29.7. The van der Waals surface area contributed by atoms with Crippen molar-refractivity contribution < 1.29 is 0 Å². The lowest BCUT2D eigenvalue weighted by atomic mass is 9.36. The lowest BCUT2D eigenvalue weighted by Gasteiger charge is -2.42. The number of benzene rings is 10. The Morgan fingerprint density at radius 1 is 0.359 bits per heavy atom. The van der Waals surface area contributed by atoms with Gasteiger partial charge < -0.3 is 19.6 Å². The summed E-state index contributed by atoms with van der Waals surface area (Å²) in [6, 6.07) is 92.6. The highest BCUT2D eigenvalue weighted by atomic mass is 35.5. The molecule has 0 unspecified atom stereocenters. The van der Waals surface area contributed by atoms with Gasteiger partial charge in [-0.3, -0.25) is 0 Å². The Labute approximate surface area is 473 Å². The molecule has 14 aromatic rings. The zero-order valence-corrected chi connectivity index (χ0v) is 45.8. The first-order valence-electron chi connectivity index (χ1n) is 26.0. The normalized spacial score (nSPS) is 12.3. The van der Waals surface area contributed by atoms with Gasteiger partial charge in [-0.15, -0.1) is 45.3 Å². The van der Waals surface area contributed by atoms with Crippen molar-refractivity contribution in [2.45, 2.75) is 0 Å². The molecule has 0 aliphatic carbocycles. The van der Waals surface area contributed by atoms with Crippen molar-refractivity contribution in [1.29, 1.82) is 0 Å². The molecule has 78 heavy (non-hydrogen) atoms. The van der Waals surface area contributed by atoms with E-state index in [0.717, 1.165) is 34.1 Å². The van der Waals surface area contributed by atoms with Gasteiger partial charge >= 0.3 is 0 Å². The Kier molecular flexibility index (Phi) is 11.7. The molecule has 0 atom stereocenters. The third-order valence-corrected chi connectivity index (χ3v) is 20.1. The van der Waals surface area contributed by atoms with Crippen LogP contribution in [0, 0.1) is 0 Å². The predicted molar refractivity (Wildman–Crippen MR) is 343 cm³/mol. The second kappa shape index (κ2) is 19.6. The van der Waals surface area contributed by atoms with Crippen molar-refractivity contribution in [3.05, 3.63) is 271 Å². The quantitative estimate of drug-likeness (QED) is 0.141. The maximum Gasteiger partial charge on any atom is 0.264 e. The first-order chi connectivity index (χ1) is 38.7. The summed E-state index contributed by atoms with van der Waals surface area (Å²) < 4.78 is 9.47. The zero-order chi connectivity index (χ0) is 51.7. The number of thiophene rings is 4. The molecular formula is C68H44BClN4S4. The highest BCUT2D eigenvalue weighted by Gasteiger charge is 2.45. The van der Waals surface area contributed by atoms with E-state index in [1.54, 1.807) is 11.3 Å². The van der Waals surface area contributed by atoms with Crippen molar-refractivity contribution >= 4 is 187 Å². The molecule has 4 nitrogen and oxygen atoms in total. The van der Waals surface area contributed by atoms with Crippen LogP contribution in [0.25, 0.3) is 39.0 Å². The Balaban J connectivity index is 0.000000136. The summed E-state index contributed by atoms with van der Waals surface area (Å²) in [6.07, 6.45) is 0. The number of nitrogens with zero attached hydrogens (tertiary/aromatic N) is 4. The summed E-state index contributed by atoms with van der Waals surface area (Å²) in [5.41, 5.74) is 16.5. The summed E-state index contributed by atoms with van der Waals surface area (Å²) in [7, 11) is 0. The number of rotatable bonds is 8. The minimum atomic E-state index is 0.186. The fraction of sp³-hybridized carbons (Fsp3) is 0. The third kappa shape index (κ3) is 7.68. The van der Waals surface area contributed by atoms with Crippen LogP contribution >= 0.6 is 56.9 Å². The van der Waals surface area contributed by atoms with Crippen molar-refractivity contribution in [3.63, 3.8) is 0 Å². The van der Waals surface area contributed by atoms with Crippen LogP contribution in [0.5, 0.6) is 0 Å². The van der Waals surface area contributed by atoms with E-state index in [4.69, 9.17) is 11.6 Å². The fourth-order valence-corrected chi connectivity index (χ4v) is 17.2. The zero-order valence-electron chi connectivity index (χ0n) is 41.8. The number of fused-ring (bicyclic) bond motifs is 11. The predicted octanol–water partition coefficient (Wildman–Crippen LogP) is 19.9. The van der Waals surface area contributed by atoms with Gasteiger partial charge in [0.25, 0.3) is 6.71 Å². The number of anilines is 12. The monoisotopic (exact) mass is 1090 g/mol. The van der Waals surface area contributed by atoms with Gasteiger partial charge in [-0.2, -0.15) is 0 Å². The van der Waals surface area contributed by atoms with Gasteiger partial charge in [0.15, 0.2) is 0 Å². The highest BCUT2D eigenvalue weighted by Crippen LogP contribution is 2.53. The maximum atomic E-state index is 7.42. The Morgan fingerprint density at radius 3 is 1.45 bits per heavy atom. The molecule has 370 valence electrons. The first kappa shape index (κ1) is 46.9. The molecule has 0 radical (unpaired) electrons. The Bertz CT molecular complexity index is 4460. The van der Waals surface area contributed by atoms with E-state index < -0.39 is 0 Å². The van der Waals surface area contributed by atoms with E-state index in [1.165, 1.54) is 88.8 Å². The molecule has 6 heterocycles. The molecule has 0 N–H and O–H groups in total. The highest BCUT2D eigenvalue weighted by molar-refractivity contribution is 7.40. The van der Waals surface area contributed by atoms with Crippen LogP contribution in [0.15, 0.2) is 266 Å². The van der Waals surface area contributed by atoms with Gasteiger partial charge in [-0.1, -0.05) is 169 Å². The average molecular weight is 1090 g/mol. The van der Waals surface area contributed by atoms with Crippen molar-refractivity contribution in [3.8, 4) is 0 Å². The average Bonchev–Trinajstić information content (AvgIpc) is 4.43. The number of hydrogen-bond donors (Lipinski definition) is 0. The van der Waals surface area contributed by atoms with Crippen LogP contribution < -0.4 is 35.3 Å². The standard InChI is InChI=1S/C34H21BN2S2.C34H23ClN2S2/c1-3-12-22(13-4-1)36-26-18-9-8-17-25(26)35-30-27(36)19-11-20-28(30)37(23-14-5-2-6-15-23)31-33-32(39-34(31)35)24-16-7-10-21-29(24)38-33;35-32-28(36(24-13-4-1-5-14-24)25-15-6-2-7-16-25)20-12-21-29(32)37(26-17-8-3-9-18-26)30-23-38-33-27-19-10-11-22-31(27)39-34(30)33/h1-21H;1-23H. The van der Waals surface area contributed by atoms with Crippen LogP contribution in [0.1, 0.15) is 0 Å². The molecule has 0 bridgehead atoms. The van der Waals surface area contributed by atoms with Crippen LogP contribution in [0.4, 0.5) is 68.2 Å². The van der Waals surface area contributed by atoms with Crippen LogP contribution in [0.3, 0.4) is 0 Å². The molecule has 0 spiro atoms. The minimum absolute atomic E-state index is 0.186. The number of para-hydroxylation sites is 6. The maximum absolute atomic E-state index is 7.42. The molecule has 0 amide bonds. The van der Waals surface area contributed by atoms with Gasteiger partial charge in [-0.05, 0) is 114 Å². The lowest BCUT2D eigenvalue weighted by Crippen LogP contribution is -2.60. The number of halogens is 1. The molecule has 0 saturated heterocycles. The largest absolute Gasteiger partial charge is 0.311 e. The molecule has 4 aromatic heterocycles. The van der Waals surface area contributed by atoms with E-state index in [1.807, 2.05) is 46.1 Å². The summed E-state index contributed by atoms with van der Waals surface area (Å²) in [4.78, 5) is 9.49. The lowest BCUT2D eigenvalue weighted by molar-refractivity contribution is 1.26. The second-order valence-corrected chi connectivity index (χ2v) is 23.7. The molecule has 2 aliphatic heterocycles. The summed E-state index contributed by atoms with van der Waals surface area (Å²) >= 11 is 15.0. The van der Waals surface area contributed by atoms with Crippen LogP contribution in [-0.2, 0) is 0 Å². The van der Waals surface area contributed by atoms with E-state index in [-0.39, 0.29) is 6.71 Å². The van der Waals surface area contributed by atoms with Gasteiger partial charge in [0.1, 0.15) is 0 Å². The molecule has 2 aliphatic rings. The van der Waals surface area contributed by atoms with Gasteiger partial charge in [0.2, 0.25) is 0 Å². The molecule has 10 aromatic carbocycles. The minimum Gasteiger partial charge on any atom is -0.311 e. The fourth-order valence-electron chi connectivity index (χ4n) is 11.5. The van der Waals surface area contributed by atoms with Crippen LogP contribution in [0.2, 0.25) is 5.02 Å². The summed E-state index contributed by atoms with van der Waals surface area (Å²) in [5.74, 6) is 0. The summed E-state index contributed by atoms with van der Waals surface area (Å²) in [6.45, 7) is 0.186.